The minimum Gasteiger partial charge on any atom is -0.398 e. The van der Waals surface area contributed by atoms with Gasteiger partial charge < -0.3 is 10.5 Å². The van der Waals surface area contributed by atoms with Gasteiger partial charge in [-0.25, -0.2) is 8.42 Å². The highest BCUT2D eigenvalue weighted by Gasteiger charge is 2.45. The predicted octanol–water partition coefficient (Wildman–Crippen LogP) is 2.10. The van der Waals surface area contributed by atoms with Crippen LogP contribution in [0.25, 0.3) is 0 Å². The summed E-state index contributed by atoms with van der Waals surface area (Å²) < 4.78 is 31.5. The molecule has 0 amide bonds. The van der Waals surface area contributed by atoms with Gasteiger partial charge in [0.25, 0.3) is 0 Å². The average molecular weight is 313 g/mol. The van der Waals surface area contributed by atoms with Gasteiger partial charge in [0.2, 0.25) is 0 Å². The van der Waals surface area contributed by atoms with Gasteiger partial charge in [0, 0.05) is 12.4 Å². The maximum Gasteiger partial charge on any atom is 0.183 e. The Kier molecular flexibility index (Phi) is 3.73. The van der Waals surface area contributed by atoms with E-state index in [9.17, 15) is 8.42 Å². The van der Waals surface area contributed by atoms with E-state index in [4.69, 9.17) is 10.5 Å². The molecule has 2 fully saturated rings. The lowest BCUT2D eigenvalue weighted by Gasteiger charge is -2.37. The molecule has 1 aromatic carbocycles. The summed E-state index contributed by atoms with van der Waals surface area (Å²) in [5.41, 5.74) is 5.95. The first-order valence-electron chi connectivity index (χ1n) is 6.84. The number of hydrogen-bond acceptors (Lipinski definition) is 5. The van der Waals surface area contributed by atoms with Crippen LogP contribution in [-0.2, 0) is 14.6 Å². The highest BCUT2D eigenvalue weighted by atomic mass is 32.2. The smallest absolute Gasteiger partial charge is 0.183 e. The van der Waals surface area contributed by atoms with Gasteiger partial charge in [0.05, 0.1) is 21.4 Å². The Balaban J connectivity index is 1.90. The molecule has 2 aliphatic rings. The summed E-state index contributed by atoms with van der Waals surface area (Å²) in [5.74, 6) is 1.96. The number of benzene rings is 1. The molecule has 1 spiro atoms. The van der Waals surface area contributed by atoms with Gasteiger partial charge in [0.15, 0.2) is 9.84 Å². The van der Waals surface area contributed by atoms with Gasteiger partial charge in [-0.05, 0) is 37.1 Å². The van der Waals surface area contributed by atoms with Crippen LogP contribution >= 0.6 is 11.8 Å². The van der Waals surface area contributed by atoms with E-state index < -0.39 is 9.84 Å². The molecule has 0 bridgehead atoms. The summed E-state index contributed by atoms with van der Waals surface area (Å²) in [4.78, 5) is 0.271. The van der Waals surface area contributed by atoms with Crippen molar-refractivity contribution in [2.45, 2.75) is 35.0 Å². The summed E-state index contributed by atoms with van der Waals surface area (Å²) in [5, 5.41) is -0.375. The van der Waals surface area contributed by atoms with E-state index in [0.717, 1.165) is 17.9 Å². The van der Waals surface area contributed by atoms with Gasteiger partial charge in [-0.3, -0.25) is 0 Å². The lowest BCUT2D eigenvalue weighted by atomic mass is 9.93. The number of nitrogen functional groups attached to an aromatic ring is 1. The van der Waals surface area contributed by atoms with Crippen LogP contribution in [0.5, 0.6) is 0 Å². The SMILES string of the molecule is Nc1ccccc1S(=O)(=O)C1CCOC2(CCSC2)C1. The molecular formula is C14H19NO3S2. The topological polar surface area (TPSA) is 69.4 Å². The highest BCUT2D eigenvalue weighted by Crippen LogP contribution is 2.41. The highest BCUT2D eigenvalue weighted by molar-refractivity contribution is 7.99. The molecule has 6 heteroatoms. The predicted molar refractivity (Wildman–Crippen MR) is 81.7 cm³/mol. The van der Waals surface area contributed by atoms with Crippen molar-refractivity contribution in [2.75, 3.05) is 23.8 Å². The number of sulfone groups is 1. The van der Waals surface area contributed by atoms with Crippen LogP contribution in [0, 0.1) is 0 Å². The zero-order valence-corrected chi connectivity index (χ0v) is 12.9. The molecule has 2 unspecified atom stereocenters. The number of para-hydroxylation sites is 1. The first kappa shape index (κ1) is 14.2. The third kappa shape index (κ3) is 2.44. The Bertz CT molecular complexity index is 594. The van der Waals surface area contributed by atoms with E-state index in [2.05, 4.69) is 0 Å². The Hall–Kier alpha value is -0.720. The summed E-state index contributed by atoms with van der Waals surface area (Å²) in [6, 6.07) is 6.74. The average Bonchev–Trinajstić information content (AvgIpc) is 2.87. The van der Waals surface area contributed by atoms with Crippen LogP contribution in [-0.4, -0.2) is 37.4 Å². The number of anilines is 1. The Morgan fingerprint density at radius 3 is 2.85 bits per heavy atom. The number of nitrogens with two attached hydrogens (primary N) is 1. The van der Waals surface area contributed by atoms with Crippen LogP contribution in [0.15, 0.2) is 29.2 Å². The molecule has 2 saturated heterocycles. The van der Waals surface area contributed by atoms with Gasteiger partial charge in [-0.2, -0.15) is 11.8 Å². The zero-order valence-electron chi connectivity index (χ0n) is 11.2. The molecule has 0 aliphatic carbocycles. The molecule has 0 aromatic heterocycles. The fraction of sp³-hybridized carbons (Fsp3) is 0.571. The maximum absolute atomic E-state index is 12.8. The second-order valence-electron chi connectivity index (χ2n) is 5.53. The summed E-state index contributed by atoms with van der Waals surface area (Å²) in [7, 11) is -3.37. The van der Waals surface area contributed by atoms with Crippen molar-refractivity contribution in [2.24, 2.45) is 0 Å². The Morgan fingerprint density at radius 1 is 1.35 bits per heavy atom. The molecule has 0 saturated carbocycles. The van der Waals surface area contributed by atoms with Gasteiger partial charge >= 0.3 is 0 Å². The Labute approximate surface area is 124 Å². The molecule has 1 aromatic rings. The van der Waals surface area contributed by atoms with Crippen molar-refractivity contribution in [3.63, 3.8) is 0 Å². The lowest BCUT2D eigenvalue weighted by molar-refractivity contribution is -0.0572. The summed E-state index contributed by atoms with van der Waals surface area (Å²) in [6.07, 6.45) is 2.10. The molecule has 110 valence electrons. The normalized spacial score (nSPS) is 30.7. The summed E-state index contributed by atoms with van der Waals surface area (Å²) >= 11 is 1.85. The number of thioether (sulfide) groups is 1. The van der Waals surface area contributed by atoms with E-state index in [-0.39, 0.29) is 15.7 Å². The molecule has 0 radical (unpaired) electrons. The van der Waals surface area contributed by atoms with E-state index in [1.807, 2.05) is 11.8 Å². The second-order valence-corrected chi connectivity index (χ2v) is 8.83. The van der Waals surface area contributed by atoms with Crippen LogP contribution in [0.3, 0.4) is 0 Å². The molecule has 2 atom stereocenters. The van der Waals surface area contributed by atoms with Crippen LogP contribution in [0.2, 0.25) is 0 Å². The zero-order chi connectivity index (χ0) is 14.2. The van der Waals surface area contributed by atoms with Crippen LogP contribution < -0.4 is 5.73 Å². The monoisotopic (exact) mass is 313 g/mol. The van der Waals surface area contributed by atoms with Crippen molar-refractivity contribution in [3.8, 4) is 0 Å². The Morgan fingerprint density at radius 2 is 2.15 bits per heavy atom. The molecule has 2 aliphatic heterocycles. The quantitative estimate of drug-likeness (QED) is 0.847. The number of ether oxygens (including phenoxy) is 1. The fourth-order valence-corrected chi connectivity index (χ4v) is 6.36. The van der Waals surface area contributed by atoms with Crippen molar-refractivity contribution in [1.82, 2.24) is 0 Å². The molecular weight excluding hydrogens is 294 g/mol. The lowest BCUT2D eigenvalue weighted by Crippen LogP contribution is -2.44. The number of hydrogen-bond donors (Lipinski definition) is 1. The number of rotatable bonds is 2. The molecule has 4 nitrogen and oxygen atoms in total. The van der Waals surface area contributed by atoms with Gasteiger partial charge in [-0.15, -0.1) is 0 Å². The minimum absolute atomic E-state index is 0.232. The fourth-order valence-electron chi connectivity index (χ4n) is 3.03. The van der Waals surface area contributed by atoms with Gasteiger partial charge in [0.1, 0.15) is 0 Å². The van der Waals surface area contributed by atoms with E-state index in [1.165, 1.54) is 0 Å². The van der Waals surface area contributed by atoms with E-state index >= 15 is 0 Å². The third-order valence-corrected chi connectivity index (χ3v) is 7.67. The maximum atomic E-state index is 12.8. The van der Waals surface area contributed by atoms with Gasteiger partial charge in [-0.1, -0.05) is 12.1 Å². The molecule has 2 N–H and O–H groups in total. The van der Waals surface area contributed by atoms with Crippen molar-refractivity contribution in [1.29, 1.82) is 0 Å². The van der Waals surface area contributed by atoms with Crippen molar-refractivity contribution < 1.29 is 13.2 Å². The first-order chi connectivity index (χ1) is 9.54. The first-order valence-corrected chi connectivity index (χ1v) is 9.54. The van der Waals surface area contributed by atoms with Crippen LogP contribution in [0.4, 0.5) is 5.69 Å². The minimum atomic E-state index is -3.37. The van der Waals surface area contributed by atoms with E-state index in [1.54, 1.807) is 24.3 Å². The standard InChI is InChI=1S/C14H19NO3S2/c15-12-3-1-2-4-13(12)20(16,17)11-5-7-18-14(9-11)6-8-19-10-14/h1-4,11H,5-10,15H2. The largest absolute Gasteiger partial charge is 0.398 e. The molecule has 3 rings (SSSR count). The molecule has 2 heterocycles. The van der Waals surface area contributed by atoms with Crippen molar-refractivity contribution >= 4 is 27.3 Å². The van der Waals surface area contributed by atoms with Crippen molar-refractivity contribution in [3.05, 3.63) is 24.3 Å². The molecule has 20 heavy (non-hydrogen) atoms. The van der Waals surface area contributed by atoms with Crippen LogP contribution in [0.1, 0.15) is 19.3 Å². The summed E-state index contributed by atoms with van der Waals surface area (Å²) in [6.45, 7) is 0.525. The second kappa shape index (κ2) is 5.24. The third-order valence-electron chi connectivity index (χ3n) is 4.18. The van der Waals surface area contributed by atoms with E-state index in [0.29, 0.717) is 25.1 Å².